The predicted octanol–water partition coefficient (Wildman–Crippen LogP) is 3.24. The highest BCUT2D eigenvalue weighted by Crippen LogP contribution is 2.23. The Morgan fingerprint density at radius 2 is 2.03 bits per heavy atom. The Bertz CT molecular complexity index is 820. The second kappa shape index (κ2) is 12.4. The van der Waals surface area contributed by atoms with Crippen LogP contribution in [0.15, 0.2) is 41.7 Å². The van der Waals surface area contributed by atoms with Crippen molar-refractivity contribution in [1.82, 2.24) is 24.9 Å². The van der Waals surface area contributed by atoms with E-state index in [1.165, 1.54) is 11.1 Å². The van der Waals surface area contributed by atoms with Crippen molar-refractivity contribution < 1.29 is 4.74 Å². The molecule has 2 heterocycles. The van der Waals surface area contributed by atoms with E-state index in [4.69, 9.17) is 9.73 Å². The minimum Gasteiger partial charge on any atom is -0.370 e. The smallest absolute Gasteiger partial charge is 0.194 e. The summed E-state index contributed by atoms with van der Waals surface area (Å²) in [5.41, 5.74) is 3.77. The summed E-state index contributed by atoms with van der Waals surface area (Å²) in [6, 6.07) is 9.15. The van der Waals surface area contributed by atoms with Crippen LogP contribution in [0.4, 0.5) is 0 Å². The summed E-state index contributed by atoms with van der Waals surface area (Å²) in [6.07, 6.45) is 4.99. The number of likely N-dealkylation sites (N-methyl/N-ethyl adjacent to an activating group) is 1. The Labute approximate surface area is 203 Å². The molecule has 0 saturated carbocycles. The molecule has 172 valence electrons. The zero-order chi connectivity index (χ0) is 21.5. The summed E-state index contributed by atoms with van der Waals surface area (Å²) in [5.74, 6) is 0.951. The Morgan fingerprint density at radius 1 is 1.29 bits per heavy atom. The summed E-state index contributed by atoms with van der Waals surface area (Å²) < 4.78 is 7.83. The fraction of sp³-hybridized carbons (Fsp3) is 0.565. The first-order chi connectivity index (χ1) is 14.5. The van der Waals surface area contributed by atoms with Crippen molar-refractivity contribution in [2.24, 2.45) is 12.0 Å². The van der Waals surface area contributed by atoms with Gasteiger partial charge in [0.1, 0.15) is 6.10 Å². The van der Waals surface area contributed by atoms with Gasteiger partial charge in [0.25, 0.3) is 0 Å². The van der Waals surface area contributed by atoms with Crippen LogP contribution in [0.2, 0.25) is 0 Å². The number of aryl methyl sites for hydroxylation is 2. The van der Waals surface area contributed by atoms with Crippen LogP contribution in [0, 0.1) is 0 Å². The van der Waals surface area contributed by atoms with Crippen LogP contribution in [-0.2, 0) is 18.2 Å². The van der Waals surface area contributed by atoms with Crippen molar-refractivity contribution in [2.75, 3.05) is 46.9 Å². The zero-order valence-corrected chi connectivity index (χ0v) is 21.7. The fourth-order valence-corrected chi connectivity index (χ4v) is 3.79. The SMILES string of the molecule is CCNC(=NCC(c1ccc(CC)cc1)N(C)C)N1CCOC(c2cnn(C)c2)C1.I. The van der Waals surface area contributed by atoms with Gasteiger partial charge in [-0.15, -0.1) is 24.0 Å². The molecule has 1 aliphatic rings. The maximum atomic E-state index is 6.00. The van der Waals surface area contributed by atoms with E-state index in [0.29, 0.717) is 13.2 Å². The van der Waals surface area contributed by atoms with E-state index in [9.17, 15) is 0 Å². The number of nitrogens with zero attached hydrogens (tertiary/aromatic N) is 5. The van der Waals surface area contributed by atoms with Crippen LogP contribution in [-0.4, -0.2) is 72.4 Å². The summed E-state index contributed by atoms with van der Waals surface area (Å²) in [6.45, 7) is 8.13. The molecule has 2 aromatic rings. The molecular weight excluding hydrogens is 503 g/mol. The molecule has 0 radical (unpaired) electrons. The molecule has 2 unspecified atom stereocenters. The van der Waals surface area contributed by atoms with Crippen LogP contribution in [0.3, 0.4) is 0 Å². The molecule has 3 rings (SSSR count). The highest BCUT2D eigenvalue weighted by molar-refractivity contribution is 14.0. The van der Waals surface area contributed by atoms with Crippen molar-refractivity contribution in [3.8, 4) is 0 Å². The Balaban J connectivity index is 0.00000341. The number of halogens is 1. The van der Waals surface area contributed by atoms with E-state index < -0.39 is 0 Å². The Kier molecular flexibility index (Phi) is 10.2. The highest BCUT2D eigenvalue weighted by Gasteiger charge is 2.25. The van der Waals surface area contributed by atoms with Gasteiger partial charge in [-0.05, 0) is 38.6 Å². The minimum atomic E-state index is 0. The molecule has 2 atom stereocenters. The molecule has 8 heteroatoms. The zero-order valence-electron chi connectivity index (χ0n) is 19.4. The van der Waals surface area contributed by atoms with Crippen molar-refractivity contribution in [3.05, 3.63) is 53.3 Å². The van der Waals surface area contributed by atoms with E-state index in [1.54, 1.807) is 0 Å². The first-order valence-corrected chi connectivity index (χ1v) is 10.9. The van der Waals surface area contributed by atoms with E-state index in [-0.39, 0.29) is 36.1 Å². The molecule has 7 nitrogen and oxygen atoms in total. The van der Waals surface area contributed by atoms with Crippen LogP contribution in [0.1, 0.15) is 42.7 Å². The van der Waals surface area contributed by atoms with Gasteiger partial charge in [-0.1, -0.05) is 31.2 Å². The van der Waals surface area contributed by atoms with Gasteiger partial charge in [0, 0.05) is 31.9 Å². The Hall–Kier alpha value is -1.65. The average Bonchev–Trinajstić information content (AvgIpc) is 3.20. The van der Waals surface area contributed by atoms with Crippen molar-refractivity contribution in [3.63, 3.8) is 0 Å². The molecule has 0 bridgehead atoms. The summed E-state index contributed by atoms with van der Waals surface area (Å²) in [5, 5.41) is 7.76. The monoisotopic (exact) mass is 540 g/mol. The van der Waals surface area contributed by atoms with E-state index in [2.05, 4.69) is 72.4 Å². The van der Waals surface area contributed by atoms with Crippen molar-refractivity contribution in [2.45, 2.75) is 32.4 Å². The lowest BCUT2D eigenvalue weighted by Gasteiger charge is -2.35. The molecule has 0 aliphatic carbocycles. The van der Waals surface area contributed by atoms with Gasteiger partial charge in [0.2, 0.25) is 0 Å². The van der Waals surface area contributed by atoms with Crippen LogP contribution < -0.4 is 5.32 Å². The number of hydrogen-bond acceptors (Lipinski definition) is 4. The van der Waals surface area contributed by atoms with Crippen molar-refractivity contribution in [1.29, 1.82) is 0 Å². The third-order valence-electron chi connectivity index (χ3n) is 5.61. The van der Waals surface area contributed by atoms with Crippen LogP contribution >= 0.6 is 24.0 Å². The topological polar surface area (TPSA) is 57.9 Å². The first kappa shape index (κ1) is 25.6. The largest absolute Gasteiger partial charge is 0.370 e. The molecule has 1 aliphatic heterocycles. The fourth-order valence-electron chi connectivity index (χ4n) is 3.79. The molecule has 1 aromatic carbocycles. The molecule has 0 amide bonds. The lowest BCUT2D eigenvalue weighted by Crippen LogP contribution is -2.48. The number of guanidine groups is 1. The number of nitrogens with one attached hydrogen (secondary N) is 1. The van der Waals surface area contributed by atoms with E-state index in [0.717, 1.165) is 37.6 Å². The lowest BCUT2D eigenvalue weighted by atomic mass is 10.0. The molecule has 31 heavy (non-hydrogen) atoms. The third-order valence-corrected chi connectivity index (χ3v) is 5.61. The minimum absolute atomic E-state index is 0. The van der Waals surface area contributed by atoms with Crippen molar-refractivity contribution >= 4 is 29.9 Å². The second-order valence-electron chi connectivity index (χ2n) is 8.02. The summed E-state index contributed by atoms with van der Waals surface area (Å²) in [7, 11) is 6.17. The quantitative estimate of drug-likeness (QED) is 0.332. The number of aliphatic imine (C=N–C) groups is 1. The number of aromatic nitrogens is 2. The number of rotatable bonds is 7. The second-order valence-corrected chi connectivity index (χ2v) is 8.02. The number of ether oxygens (including phenoxy) is 1. The standard InChI is InChI=1S/C23H36N6O.HI/c1-6-18-8-10-19(11-9-18)21(27(3)4)15-25-23(24-7-2)29-12-13-30-22(17-29)20-14-26-28(5)16-20;/h8-11,14,16,21-22H,6-7,12-13,15,17H2,1-5H3,(H,24,25);1H. The van der Waals surface area contributed by atoms with Crippen LogP contribution in [0.25, 0.3) is 0 Å². The predicted molar refractivity (Wildman–Crippen MR) is 137 cm³/mol. The van der Waals surface area contributed by atoms with Gasteiger partial charge in [-0.3, -0.25) is 9.67 Å². The molecule has 1 N–H and O–H groups in total. The molecule has 1 aromatic heterocycles. The van der Waals surface area contributed by atoms with Gasteiger partial charge >= 0.3 is 0 Å². The molecule has 0 spiro atoms. The van der Waals surface area contributed by atoms with Gasteiger partial charge in [-0.25, -0.2) is 0 Å². The highest BCUT2D eigenvalue weighted by atomic mass is 127. The number of hydrogen-bond donors (Lipinski definition) is 1. The summed E-state index contributed by atoms with van der Waals surface area (Å²) >= 11 is 0. The third kappa shape index (κ3) is 6.92. The van der Waals surface area contributed by atoms with E-state index in [1.807, 2.05) is 24.1 Å². The van der Waals surface area contributed by atoms with Gasteiger partial charge < -0.3 is 19.9 Å². The van der Waals surface area contributed by atoms with Gasteiger partial charge in [-0.2, -0.15) is 5.10 Å². The normalized spacial score (nSPS) is 18.1. The van der Waals surface area contributed by atoms with Crippen LogP contribution in [0.5, 0.6) is 0 Å². The Morgan fingerprint density at radius 3 is 2.61 bits per heavy atom. The van der Waals surface area contributed by atoms with Gasteiger partial charge in [0.15, 0.2) is 5.96 Å². The summed E-state index contributed by atoms with van der Waals surface area (Å²) in [4.78, 5) is 9.57. The molecule has 1 saturated heterocycles. The molecule has 1 fully saturated rings. The first-order valence-electron chi connectivity index (χ1n) is 10.9. The average molecular weight is 540 g/mol. The maximum absolute atomic E-state index is 6.00. The number of morpholine rings is 1. The maximum Gasteiger partial charge on any atom is 0.194 e. The van der Waals surface area contributed by atoms with Gasteiger partial charge in [0.05, 0.1) is 31.9 Å². The molecular formula is C23H37IN6O. The number of benzene rings is 1. The van der Waals surface area contributed by atoms with E-state index >= 15 is 0 Å². The lowest BCUT2D eigenvalue weighted by molar-refractivity contribution is -0.00807.